The van der Waals surface area contributed by atoms with Gasteiger partial charge in [0.05, 0.1) is 6.20 Å². The Morgan fingerprint density at radius 2 is 1.76 bits per heavy atom. The summed E-state index contributed by atoms with van der Waals surface area (Å²) in [5, 5.41) is 6.44. The Hall–Kier alpha value is -3.40. The van der Waals surface area contributed by atoms with E-state index >= 15 is 0 Å². The van der Waals surface area contributed by atoms with Gasteiger partial charge in [0, 0.05) is 35.8 Å². The molecule has 0 bridgehead atoms. The summed E-state index contributed by atoms with van der Waals surface area (Å²) in [4.78, 5) is 47.4. The van der Waals surface area contributed by atoms with Crippen LogP contribution in [0, 0.1) is 12.8 Å². The number of carbonyl (C=O) groups is 1. The highest BCUT2D eigenvalue weighted by Crippen LogP contribution is 2.28. The molecular weight excluding hydrogens is 516 g/mol. The molecule has 5 rings (SSSR count). The first-order valence-corrected chi connectivity index (χ1v) is 15.2. The molecule has 0 spiro atoms. The molecule has 2 N–H and O–H groups in total. The number of aromatic nitrogens is 5. The number of nitrogens with zero attached hydrogens (tertiary/aromatic N) is 6. The minimum Gasteiger partial charge on any atom is -0.351 e. The van der Waals surface area contributed by atoms with Crippen LogP contribution in [0.25, 0.3) is 22.4 Å². The van der Waals surface area contributed by atoms with Crippen LogP contribution in [0.15, 0.2) is 23.1 Å². The van der Waals surface area contributed by atoms with E-state index in [-0.39, 0.29) is 17.5 Å². The summed E-state index contributed by atoms with van der Waals surface area (Å²) in [5.74, 6) is 1.47. The Morgan fingerprint density at radius 3 is 2.41 bits per heavy atom. The Kier molecular flexibility index (Phi) is 8.97. The molecule has 3 aromatic heterocycles. The molecule has 41 heavy (non-hydrogen) atoms. The van der Waals surface area contributed by atoms with Gasteiger partial charge in [-0.15, -0.1) is 0 Å². The lowest BCUT2D eigenvalue weighted by atomic mass is 9.87. The zero-order valence-corrected chi connectivity index (χ0v) is 25.1. The fourth-order valence-corrected chi connectivity index (χ4v) is 6.37. The first-order valence-electron chi connectivity index (χ1n) is 15.2. The largest absolute Gasteiger partial charge is 0.351 e. The molecule has 2 fully saturated rings. The molecule has 3 aromatic rings. The number of anilines is 2. The Bertz CT molecular complexity index is 1440. The zero-order chi connectivity index (χ0) is 29.1. The molecule has 2 aliphatic rings. The lowest BCUT2D eigenvalue weighted by molar-refractivity contribution is -0.117. The molecular formula is C31H44N8O2. The molecule has 0 aromatic carbocycles. The number of amides is 1. The summed E-state index contributed by atoms with van der Waals surface area (Å²) in [6.45, 7) is 5.78. The Morgan fingerprint density at radius 1 is 1.02 bits per heavy atom. The van der Waals surface area contributed by atoms with E-state index in [0.717, 1.165) is 38.5 Å². The fraction of sp³-hybridized carbons (Fsp3) is 0.613. The maximum atomic E-state index is 13.8. The monoisotopic (exact) mass is 560 g/mol. The maximum Gasteiger partial charge on any atom is 0.279 e. The van der Waals surface area contributed by atoms with Crippen molar-refractivity contribution in [2.75, 3.05) is 24.7 Å². The van der Waals surface area contributed by atoms with Crippen molar-refractivity contribution in [2.45, 2.75) is 103 Å². The molecule has 0 aliphatic heterocycles. The highest BCUT2D eigenvalue weighted by atomic mass is 16.1. The molecule has 10 heteroatoms. The van der Waals surface area contributed by atoms with Crippen molar-refractivity contribution in [3.8, 4) is 11.3 Å². The Labute approximate surface area is 242 Å². The van der Waals surface area contributed by atoms with Crippen LogP contribution in [0.3, 0.4) is 0 Å². The van der Waals surface area contributed by atoms with E-state index in [1.807, 2.05) is 26.8 Å². The van der Waals surface area contributed by atoms with E-state index in [0.29, 0.717) is 64.3 Å². The molecule has 0 atom stereocenters. The average molecular weight is 561 g/mol. The second kappa shape index (κ2) is 12.6. The molecule has 2 aliphatic carbocycles. The normalized spacial score (nSPS) is 20.1. The first-order chi connectivity index (χ1) is 19.7. The van der Waals surface area contributed by atoms with E-state index < -0.39 is 0 Å². The van der Waals surface area contributed by atoms with E-state index in [2.05, 4.69) is 39.6 Å². The van der Waals surface area contributed by atoms with Crippen molar-refractivity contribution in [1.29, 1.82) is 0 Å². The van der Waals surface area contributed by atoms with Gasteiger partial charge >= 0.3 is 0 Å². The summed E-state index contributed by atoms with van der Waals surface area (Å²) >= 11 is 0. The Balaban J connectivity index is 1.37. The summed E-state index contributed by atoms with van der Waals surface area (Å²) in [7, 11) is 4.28. The van der Waals surface area contributed by atoms with Crippen LogP contribution >= 0.6 is 0 Å². The van der Waals surface area contributed by atoms with Crippen LogP contribution in [0.4, 0.5) is 11.8 Å². The van der Waals surface area contributed by atoms with Crippen molar-refractivity contribution < 1.29 is 4.79 Å². The van der Waals surface area contributed by atoms with Gasteiger partial charge < -0.3 is 15.5 Å². The maximum absolute atomic E-state index is 13.8. The van der Waals surface area contributed by atoms with Crippen molar-refractivity contribution in [3.63, 3.8) is 0 Å². The zero-order valence-electron chi connectivity index (χ0n) is 25.1. The number of aryl methyl sites for hydroxylation is 1. The molecule has 0 saturated heterocycles. The van der Waals surface area contributed by atoms with Crippen molar-refractivity contribution in [2.24, 2.45) is 5.92 Å². The smallest absolute Gasteiger partial charge is 0.279 e. The topological polar surface area (TPSA) is 118 Å². The van der Waals surface area contributed by atoms with Gasteiger partial charge in [0.1, 0.15) is 17.0 Å². The molecule has 10 nitrogen and oxygen atoms in total. The number of hydrogen-bond donors (Lipinski definition) is 2. The quantitative estimate of drug-likeness (QED) is 0.380. The third-order valence-electron chi connectivity index (χ3n) is 8.72. The molecule has 3 heterocycles. The van der Waals surface area contributed by atoms with Crippen LogP contribution < -0.4 is 16.2 Å². The van der Waals surface area contributed by atoms with Crippen LogP contribution in [0.1, 0.15) is 89.8 Å². The van der Waals surface area contributed by atoms with Gasteiger partial charge in [0.15, 0.2) is 5.65 Å². The fourth-order valence-electron chi connectivity index (χ4n) is 6.37. The predicted molar refractivity (Wildman–Crippen MR) is 163 cm³/mol. The van der Waals surface area contributed by atoms with Gasteiger partial charge in [-0.3, -0.25) is 14.2 Å². The van der Waals surface area contributed by atoms with Gasteiger partial charge in [-0.05, 0) is 91.4 Å². The second-order valence-corrected chi connectivity index (χ2v) is 12.3. The third-order valence-corrected chi connectivity index (χ3v) is 8.72. The number of carbonyl (C=O) groups excluding carboxylic acids is 1. The standard InChI is InChI=1S/C31H44N8O2/c1-19(2)39-29-25(18-32-31(37-29)34-22-11-13-23(14-12-22)38(4)5)35-28(30(39)41)24-15-16-26(33-20(24)3)36-27(40)17-21-9-7-6-8-10-21/h15-16,18-19,21-23H,6-14,17H2,1-5H3,(H,32,34,37)(H,33,36,40)/t22-,23-. The number of nitrogens with one attached hydrogen (secondary N) is 2. The van der Waals surface area contributed by atoms with E-state index in [1.54, 1.807) is 16.8 Å². The average Bonchev–Trinajstić information content (AvgIpc) is 2.93. The van der Waals surface area contributed by atoms with Gasteiger partial charge in [0.25, 0.3) is 5.56 Å². The SMILES string of the molecule is Cc1nc(NC(=O)CC2CCCCC2)ccc1-c1nc2cnc(N[C@H]3CC[C@H](N(C)C)CC3)nc2n(C(C)C)c1=O. The predicted octanol–water partition coefficient (Wildman–Crippen LogP) is 5.33. The first kappa shape index (κ1) is 29.1. The second-order valence-electron chi connectivity index (χ2n) is 12.3. The molecule has 0 unspecified atom stereocenters. The summed E-state index contributed by atoms with van der Waals surface area (Å²) < 4.78 is 1.69. The van der Waals surface area contributed by atoms with Gasteiger partial charge in [-0.25, -0.2) is 15.0 Å². The minimum absolute atomic E-state index is 0.00477. The van der Waals surface area contributed by atoms with Gasteiger partial charge in [-0.2, -0.15) is 4.98 Å². The van der Waals surface area contributed by atoms with E-state index in [1.165, 1.54) is 19.3 Å². The number of pyridine rings is 1. The summed E-state index contributed by atoms with van der Waals surface area (Å²) in [6.07, 6.45) is 12.5. The lowest BCUT2D eigenvalue weighted by Crippen LogP contribution is -2.36. The molecule has 2 saturated carbocycles. The number of rotatable bonds is 8. The summed E-state index contributed by atoms with van der Waals surface area (Å²) in [5.41, 5.74) is 2.43. The van der Waals surface area contributed by atoms with Gasteiger partial charge in [0.2, 0.25) is 11.9 Å². The van der Waals surface area contributed by atoms with Crippen LogP contribution in [0.2, 0.25) is 0 Å². The molecule has 220 valence electrons. The van der Waals surface area contributed by atoms with Crippen molar-refractivity contribution in [1.82, 2.24) is 29.4 Å². The number of hydrogen-bond acceptors (Lipinski definition) is 8. The lowest BCUT2D eigenvalue weighted by Gasteiger charge is -2.32. The van der Waals surface area contributed by atoms with Crippen molar-refractivity contribution in [3.05, 3.63) is 34.4 Å². The molecule has 1 amide bonds. The van der Waals surface area contributed by atoms with Crippen molar-refractivity contribution >= 4 is 28.8 Å². The third kappa shape index (κ3) is 6.74. The summed E-state index contributed by atoms with van der Waals surface area (Å²) in [6, 6.07) is 4.37. The highest BCUT2D eigenvalue weighted by molar-refractivity contribution is 5.90. The van der Waals surface area contributed by atoms with Gasteiger partial charge in [-0.1, -0.05) is 19.3 Å². The minimum atomic E-state index is -0.220. The number of fused-ring (bicyclic) bond motifs is 1. The molecule has 0 radical (unpaired) electrons. The van der Waals surface area contributed by atoms with Crippen LogP contribution in [-0.4, -0.2) is 61.5 Å². The van der Waals surface area contributed by atoms with Crippen LogP contribution in [-0.2, 0) is 4.79 Å². The van der Waals surface area contributed by atoms with E-state index in [9.17, 15) is 9.59 Å². The van der Waals surface area contributed by atoms with Crippen LogP contribution in [0.5, 0.6) is 0 Å². The van der Waals surface area contributed by atoms with E-state index in [4.69, 9.17) is 9.97 Å². The highest BCUT2D eigenvalue weighted by Gasteiger charge is 2.24.